The summed E-state index contributed by atoms with van der Waals surface area (Å²) in [5.41, 5.74) is 1.84. The summed E-state index contributed by atoms with van der Waals surface area (Å²) in [7, 11) is 0. The monoisotopic (exact) mass is 362 g/mol. The molecule has 2 fully saturated rings. The van der Waals surface area contributed by atoms with E-state index in [0.717, 1.165) is 48.6 Å². The van der Waals surface area contributed by atoms with Crippen molar-refractivity contribution in [2.75, 3.05) is 23.3 Å². The minimum absolute atomic E-state index is 0.00517. The summed E-state index contributed by atoms with van der Waals surface area (Å²) in [4.78, 5) is 20.0. The molecule has 138 valence electrons. The number of aliphatic hydroxyl groups excluding tert-OH is 1. The third-order valence-corrected chi connectivity index (χ3v) is 5.80. The second-order valence-corrected chi connectivity index (χ2v) is 7.52. The van der Waals surface area contributed by atoms with Crippen LogP contribution in [0.3, 0.4) is 0 Å². The molecule has 1 aliphatic heterocycles. The van der Waals surface area contributed by atoms with Crippen LogP contribution in [0.15, 0.2) is 49.1 Å². The van der Waals surface area contributed by atoms with E-state index in [1.807, 2.05) is 30.5 Å². The molecule has 2 N–H and O–H groups in total. The van der Waals surface area contributed by atoms with Crippen molar-refractivity contribution in [2.24, 2.45) is 11.8 Å². The van der Waals surface area contributed by atoms with E-state index >= 15 is 0 Å². The molecule has 27 heavy (non-hydrogen) atoms. The highest BCUT2D eigenvalue weighted by atomic mass is 16.3. The molecule has 0 amide bonds. The highest BCUT2D eigenvalue weighted by Gasteiger charge is 2.42. The topological polar surface area (TPSA) is 87.1 Å². The van der Waals surface area contributed by atoms with Gasteiger partial charge in [0.15, 0.2) is 0 Å². The predicted octanol–water partition coefficient (Wildman–Crippen LogP) is 2.11. The van der Waals surface area contributed by atoms with E-state index in [0.29, 0.717) is 11.8 Å². The molecule has 0 radical (unpaired) electrons. The number of aliphatic hydroxyl groups is 1. The van der Waals surface area contributed by atoms with Crippen molar-refractivity contribution in [1.29, 1.82) is 0 Å². The lowest BCUT2D eigenvalue weighted by Crippen LogP contribution is -2.43. The smallest absolute Gasteiger partial charge is 0.147 e. The van der Waals surface area contributed by atoms with Crippen molar-refractivity contribution >= 4 is 22.7 Å². The van der Waals surface area contributed by atoms with Gasteiger partial charge in [0.25, 0.3) is 0 Å². The van der Waals surface area contributed by atoms with Gasteiger partial charge in [0.1, 0.15) is 11.6 Å². The van der Waals surface area contributed by atoms with Gasteiger partial charge in [-0.1, -0.05) is 12.1 Å². The van der Waals surface area contributed by atoms with Gasteiger partial charge in [-0.2, -0.15) is 0 Å². The maximum atomic E-state index is 10.6. The minimum Gasteiger partial charge on any atom is -0.391 e. The van der Waals surface area contributed by atoms with Crippen molar-refractivity contribution in [3.8, 4) is 0 Å². The van der Waals surface area contributed by atoms with Crippen LogP contribution >= 0.6 is 0 Å². The van der Waals surface area contributed by atoms with Crippen molar-refractivity contribution in [3.05, 3.63) is 49.1 Å². The molecule has 1 saturated heterocycles. The average molecular weight is 362 g/mol. The molecule has 3 aromatic rings. The normalized spacial score (nSPS) is 27.5. The first-order valence-corrected chi connectivity index (χ1v) is 9.43. The highest BCUT2D eigenvalue weighted by molar-refractivity contribution is 5.75. The van der Waals surface area contributed by atoms with Gasteiger partial charge in [0, 0.05) is 25.5 Å². The molecule has 1 aliphatic carbocycles. The number of nitrogens with zero attached hydrogens (tertiary/aromatic N) is 5. The average Bonchev–Trinajstić information content (AvgIpc) is 3.11. The summed E-state index contributed by atoms with van der Waals surface area (Å²) < 4.78 is 0. The van der Waals surface area contributed by atoms with Gasteiger partial charge in [0.05, 0.1) is 35.6 Å². The number of para-hydroxylation sites is 2. The molecule has 7 nitrogen and oxygen atoms in total. The van der Waals surface area contributed by atoms with Crippen molar-refractivity contribution in [3.63, 3.8) is 0 Å². The molecular formula is C20H22N6O. The van der Waals surface area contributed by atoms with E-state index in [2.05, 4.69) is 25.2 Å². The first kappa shape index (κ1) is 16.4. The summed E-state index contributed by atoms with van der Waals surface area (Å²) in [6.45, 7) is 1.87. The largest absolute Gasteiger partial charge is 0.391 e. The van der Waals surface area contributed by atoms with E-state index in [4.69, 9.17) is 4.98 Å². The zero-order chi connectivity index (χ0) is 18.2. The van der Waals surface area contributed by atoms with Crippen molar-refractivity contribution in [2.45, 2.75) is 25.0 Å². The number of fused-ring (bicyclic) bond motifs is 2. The molecular weight excluding hydrogens is 340 g/mol. The Kier molecular flexibility index (Phi) is 4.09. The Morgan fingerprint density at radius 1 is 0.963 bits per heavy atom. The van der Waals surface area contributed by atoms with Crippen molar-refractivity contribution in [1.82, 2.24) is 19.9 Å². The van der Waals surface area contributed by atoms with Crippen LogP contribution in [0, 0.1) is 11.8 Å². The Bertz CT molecular complexity index is 936. The van der Waals surface area contributed by atoms with Crippen LogP contribution < -0.4 is 10.2 Å². The Balaban J connectivity index is 1.31. The van der Waals surface area contributed by atoms with E-state index in [-0.39, 0.29) is 12.1 Å². The molecule has 0 unspecified atom stereocenters. The van der Waals surface area contributed by atoms with Gasteiger partial charge in [0.2, 0.25) is 0 Å². The van der Waals surface area contributed by atoms with Gasteiger partial charge in [-0.3, -0.25) is 9.97 Å². The van der Waals surface area contributed by atoms with Crippen LogP contribution in [-0.2, 0) is 0 Å². The molecule has 0 bridgehead atoms. The molecule has 1 aromatic carbocycles. The SMILES string of the molecule is O[C@@H]1C[C@H]2CN(c3cnc4ccccc4n3)C[C@H]2C[C@H]1Nc1cnccn1. The van der Waals surface area contributed by atoms with E-state index in [9.17, 15) is 5.11 Å². The van der Waals surface area contributed by atoms with Crippen LogP contribution in [0.25, 0.3) is 11.0 Å². The van der Waals surface area contributed by atoms with Crippen LogP contribution in [0.2, 0.25) is 0 Å². The molecule has 1 saturated carbocycles. The Labute approximate surface area is 157 Å². The van der Waals surface area contributed by atoms with Crippen molar-refractivity contribution < 1.29 is 5.11 Å². The van der Waals surface area contributed by atoms with Gasteiger partial charge >= 0.3 is 0 Å². The lowest BCUT2D eigenvalue weighted by molar-refractivity contribution is 0.0737. The summed E-state index contributed by atoms with van der Waals surface area (Å²) in [5, 5.41) is 14.0. The van der Waals surface area contributed by atoms with Crippen LogP contribution in [-0.4, -0.2) is 50.3 Å². The zero-order valence-electron chi connectivity index (χ0n) is 14.9. The molecule has 3 heterocycles. The molecule has 4 atom stereocenters. The third-order valence-electron chi connectivity index (χ3n) is 5.80. The Morgan fingerprint density at radius 3 is 2.59 bits per heavy atom. The quantitative estimate of drug-likeness (QED) is 0.738. The Morgan fingerprint density at radius 2 is 1.78 bits per heavy atom. The minimum atomic E-state index is -0.379. The highest BCUT2D eigenvalue weighted by Crippen LogP contribution is 2.38. The van der Waals surface area contributed by atoms with E-state index in [1.54, 1.807) is 18.6 Å². The number of aromatic nitrogens is 4. The molecule has 0 spiro atoms. The second kappa shape index (κ2) is 6.74. The van der Waals surface area contributed by atoms with Crippen LogP contribution in [0.5, 0.6) is 0 Å². The number of hydrogen-bond donors (Lipinski definition) is 2. The summed E-state index contributed by atoms with van der Waals surface area (Å²) in [6, 6.07) is 7.95. The van der Waals surface area contributed by atoms with E-state index < -0.39 is 0 Å². The lowest BCUT2D eigenvalue weighted by atomic mass is 9.77. The molecule has 2 aliphatic rings. The number of benzene rings is 1. The fourth-order valence-electron chi connectivity index (χ4n) is 4.44. The first-order chi connectivity index (χ1) is 13.3. The first-order valence-electron chi connectivity index (χ1n) is 9.43. The summed E-state index contributed by atoms with van der Waals surface area (Å²) in [6.07, 6.45) is 8.21. The zero-order valence-corrected chi connectivity index (χ0v) is 14.9. The Hall–Kier alpha value is -2.80. The van der Waals surface area contributed by atoms with Gasteiger partial charge < -0.3 is 15.3 Å². The number of rotatable bonds is 3. The number of hydrogen-bond acceptors (Lipinski definition) is 7. The summed E-state index contributed by atoms with van der Waals surface area (Å²) in [5.74, 6) is 2.65. The predicted molar refractivity (Wildman–Crippen MR) is 103 cm³/mol. The van der Waals surface area contributed by atoms with E-state index in [1.165, 1.54) is 0 Å². The van der Waals surface area contributed by atoms with Gasteiger partial charge in [-0.15, -0.1) is 0 Å². The fourth-order valence-corrected chi connectivity index (χ4v) is 4.44. The third kappa shape index (κ3) is 3.19. The number of nitrogens with one attached hydrogen (secondary N) is 1. The fraction of sp³-hybridized carbons (Fsp3) is 0.400. The maximum Gasteiger partial charge on any atom is 0.147 e. The second-order valence-electron chi connectivity index (χ2n) is 7.52. The van der Waals surface area contributed by atoms with Crippen LogP contribution in [0.4, 0.5) is 11.6 Å². The van der Waals surface area contributed by atoms with Gasteiger partial charge in [-0.25, -0.2) is 9.97 Å². The van der Waals surface area contributed by atoms with Gasteiger partial charge in [-0.05, 0) is 36.8 Å². The number of anilines is 2. The van der Waals surface area contributed by atoms with Crippen LogP contribution in [0.1, 0.15) is 12.8 Å². The maximum absolute atomic E-state index is 10.6. The molecule has 7 heteroatoms. The standard InChI is InChI=1S/C20H22N6O/c27-18-8-14-12-26(20-10-23-15-3-1-2-4-16(15)25-20)11-13(14)7-17(18)24-19-9-21-5-6-22-19/h1-6,9-10,13-14,17-18,27H,7-8,11-12H2,(H,22,24)/t13-,14+,17-,18-/m1/s1. The molecule has 5 rings (SSSR count). The molecule has 2 aromatic heterocycles. The summed E-state index contributed by atoms with van der Waals surface area (Å²) >= 11 is 0. The lowest BCUT2D eigenvalue weighted by Gasteiger charge is -2.35.